The Bertz CT molecular complexity index is 396. The molecule has 0 aliphatic heterocycles. The third kappa shape index (κ3) is 3.41. The first-order valence-corrected chi connectivity index (χ1v) is 6.10. The largest absolute Gasteiger partial charge is 0.329 e. The molecule has 1 atom stereocenters. The first-order chi connectivity index (χ1) is 8.03. The van der Waals surface area contributed by atoms with E-state index < -0.39 is 0 Å². The lowest BCUT2D eigenvalue weighted by molar-refractivity contribution is 0.134. The van der Waals surface area contributed by atoms with E-state index in [2.05, 4.69) is 25.8 Å². The van der Waals surface area contributed by atoms with Crippen molar-refractivity contribution >= 4 is 0 Å². The van der Waals surface area contributed by atoms with Crippen molar-refractivity contribution in [3.63, 3.8) is 0 Å². The van der Waals surface area contributed by atoms with Crippen LogP contribution >= 0.6 is 0 Å². The van der Waals surface area contributed by atoms with Crippen molar-refractivity contribution in [3.8, 4) is 0 Å². The first-order valence-electron chi connectivity index (χ1n) is 6.10. The van der Waals surface area contributed by atoms with Crippen LogP contribution in [0.4, 0.5) is 0 Å². The molecular weight excluding hydrogens is 214 g/mol. The maximum Gasteiger partial charge on any atom is 0.250 e. The summed E-state index contributed by atoms with van der Waals surface area (Å²) in [6.07, 6.45) is 2.82. The second-order valence-electron chi connectivity index (χ2n) is 4.71. The van der Waals surface area contributed by atoms with Crippen LogP contribution in [-0.4, -0.2) is 35.1 Å². The van der Waals surface area contributed by atoms with Crippen molar-refractivity contribution in [3.05, 3.63) is 34.7 Å². The molecule has 1 aromatic rings. The van der Waals surface area contributed by atoms with E-state index in [1.54, 1.807) is 16.7 Å². The summed E-state index contributed by atoms with van der Waals surface area (Å²) >= 11 is 0. The third-order valence-electron chi connectivity index (χ3n) is 3.70. The summed E-state index contributed by atoms with van der Waals surface area (Å²) < 4.78 is 1.73. The Morgan fingerprint density at radius 2 is 2.18 bits per heavy atom. The first kappa shape index (κ1) is 13.9. The Labute approximate surface area is 103 Å². The number of nitrogens with two attached hydrogens (primary N) is 1. The Morgan fingerprint density at radius 1 is 1.47 bits per heavy atom. The van der Waals surface area contributed by atoms with Gasteiger partial charge in [-0.3, -0.25) is 9.69 Å². The van der Waals surface area contributed by atoms with E-state index >= 15 is 0 Å². The molecule has 17 heavy (non-hydrogen) atoms. The lowest BCUT2D eigenvalue weighted by Gasteiger charge is -2.37. The Balaban J connectivity index is 2.63. The zero-order valence-corrected chi connectivity index (χ0v) is 11.0. The second kappa shape index (κ2) is 5.98. The summed E-state index contributed by atoms with van der Waals surface area (Å²) in [6.45, 7) is 6.44. The number of likely N-dealkylation sites (N-methyl/N-ethyl adjacent to an activating group) is 1. The maximum absolute atomic E-state index is 11.5. The molecule has 1 heterocycles. The number of pyridine rings is 1. The maximum atomic E-state index is 11.5. The number of nitrogens with zero attached hydrogens (tertiary/aromatic N) is 2. The van der Waals surface area contributed by atoms with Gasteiger partial charge in [0.25, 0.3) is 5.56 Å². The van der Waals surface area contributed by atoms with Gasteiger partial charge in [-0.2, -0.15) is 0 Å². The molecule has 0 amide bonds. The number of aromatic nitrogens is 1. The molecule has 0 bridgehead atoms. The van der Waals surface area contributed by atoms with Crippen LogP contribution < -0.4 is 11.3 Å². The average Bonchev–Trinajstić information content (AvgIpc) is 2.36. The quantitative estimate of drug-likeness (QED) is 0.800. The Morgan fingerprint density at radius 3 is 2.71 bits per heavy atom. The van der Waals surface area contributed by atoms with Crippen LogP contribution in [0.3, 0.4) is 0 Å². The van der Waals surface area contributed by atoms with Crippen molar-refractivity contribution in [2.24, 2.45) is 5.73 Å². The summed E-state index contributed by atoms with van der Waals surface area (Å²) in [5, 5.41) is 0. The fourth-order valence-corrected chi connectivity index (χ4v) is 1.74. The SMILES string of the molecule is CCC(C)(CN)N(C)CCn1ccccc1=O. The molecule has 0 aliphatic rings. The summed E-state index contributed by atoms with van der Waals surface area (Å²) in [5.74, 6) is 0. The van der Waals surface area contributed by atoms with Crippen molar-refractivity contribution in [1.82, 2.24) is 9.47 Å². The molecule has 4 heteroatoms. The van der Waals surface area contributed by atoms with Gasteiger partial charge in [0.1, 0.15) is 0 Å². The van der Waals surface area contributed by atoms with Gasteiger partial charge in [-0.15, -0.1) is 0 Å². The van der Waals surface area contributed by atoms with Crippen molar-refractivity contribution < 1.29 is 0 Å². The van der Waals surface area contributed by atoms with E-state index in [0.29, 0.717) is 13.1 Å². The lowest BCUT2D eigenvalue weighted by atomic mass is 9.97. The fraction of sp³-hybridized carbons (Fsp3) is 0.615. The average molecular weight is 237 g/mol. The van der Waals surface area contributed by atoms with Crippen LogP contribution in [0.2, 0.25) is 0 Å². The highest BCUT2D eigenvalue weighted by Gasteiger charge is 2.24. The number of rotatable bonds is 6. The van der Waals surface area contributed by atoms with Crippen LogP contribution in [0.15, 0.2) is 29.2 Å². The van der Waals surface area contributed by atoms with Crippen LogP contribution in [0.5, 0.6) is 0 Å². The third-order valence-corrected chi connectivity index (χ3v) is 3.70. The predicted molar refractivity (Wildman–Crippen MR) is 71.1 cm³/mol. The van der Waals surface area contributed by atoms with E-state index in [9.17, 15) is 4.79 Å². The van der Waals surface area contributed by atoms with Crippen LogP contribution in [0.1, 0.15) is 20.3 Å². The van der Waals surface area contributed by atoms with E-state index in [1.165, 1.54) is 0 Å². The van der Waals surface area contributed by atoms with Crippen molar-refractivity contribution in [2.45, 2.75) is 32.4 Å². The minimum absolute atomic E-state index is 0.0123. The highest BCUT2D eigenvalue weighted by Crippen LogP contribution is 2.15. The van der Waals surface area contributed by atoms with E-state index in [1.807, 2.05) is 12.3 Å². The van der Waals surface area contributed by atoms with Crippen LogP contribution in [-0.2, 0) is 6.54 Å². The fourth-order valence-electron chi connectivity index (χ4n) is 1.74. The van der Waals surface area contributed by atoms with E-state index in [0.717, 1.165) is 13.0 Å². The van der Waals surface area contributed by atoms with Gasteiger partial charge in [-0.1, -0.05) is 13.0 Å². The Kier molecular flexibility index (Phi) is 4.90. The molecule has 4 nitrogen and oxygen atoms in total. The molecule has 0 saturated carbocycles. The van der Waals surface area contributed by atoms with E-state index in [4.69, 9.17) is 5.73 Å². The Hall–Kier alpha value is -1.13. The summed E-state index contributed by atoms with van der Waals surface area (Å²) in [7, 11) is 2.06. The highest BCUT2D eigenvalue weighted by molar-refractivity contribution is 4.93. The number of hydrogen-bond donors (Lipinski definition) is 1. The molecule has 0 aliphatic carbocycles. The van der Waals surface area contributed by atoms with Gasteiger partial charge in [0, 0.05) is 37.4 Å². The molecule has 0 spiro atoms. The summed E-state index contributed by atoms with van der Waals surface area (Å²) in [6, 6.07) is 5.23. The molecular formula is C13H23N3O. The minimum atomic E-state index is 0.0123. The molecule has 1 rings (SSSR count). The zero-order valence-electron chi connectivity index (χ0n) is 11.0. The van der Waals surface area contributed by atoms with Gasteiger partial charge in [-0.25, -0.2) is 0 Å². The number of hydrogen-bond acceptors (Lipinski definition) is 3. The normalized spacial score (nSPS) is 14.9. The van der Waals surface area contributed by atoms with Crippen LogP contribution in [0, 0.1) is 0 Å². The minimum Gasteiger partial charge on any atom is -0.329 e. The molecule has 1 aromatic heterocycles. The van der Waals surface area contributed by atoms with Gasteiger partial charge in [0.15, 0.2) is 0 Å². The van der Waals surface area contributed by atoms with Gasteiger partial charge < -0.3 is 10.3 Å². The smallest absolute Gasteiger partial charge is 0.250 e. The summed E-state index contributed by atoms with van der Waals surface area (Å²) in [5.41, 5.74) is 5.87. The van der Waals surface area contributed by atoms with Crippen molar-refractivity contribution in [2.75, 3.05) is 20.1 Å². The topological polar surface area (TPSA) is 51.3 Å². The van der Waals surface area contributed by atoms with Crippen molar-refractivity contribution in [1.29, 1.82) is 0 Å². The predicted octanol–water partition coefficient (Wildman–Crippen LogP) is 0.907. The van der Waals surface area contributed by atoms with Crippen LogP contribution in [0.25, 0.3) is 0 Å². The second-order valence-corrected chi connectivity index (χ2v) is 4.71. The molecule has 0 fully saturated rings. The molecule has 0 saturated heterocycles. The monoisotopic (exact) mass is 237 g/mol. The zero-order chi connectivity index (χ0) is 12.9. The molecule has 0 aromatic carbocycles. The van der Waals surface area contributed by atoms with Gasteiger partial charge in [0.05, 0.1) is 0 Å². The van der Waals surface area contributed by atoms with Gasteiger partial charge in [0.2, 0.25) is 0 Å². The molecule has 96 valence electrons. The molecule has 2 N–H and O–H groups in total. The standard InChI is InChI=1S/C13H23N3O/c1-4-13(2,11-14)15(3)9-10-16-8-6-5-7-12(16)17/h5-8H,4,9-11,14H2,1-3H3. The highest BCUT2D eigenvalue weighted by atomic mass is 16.1. The molecule has 0 radical (unpaired) electrons. The lowest BCUT2D eigenvalue weighted by Crippen LogP contribution is -2.50. The van der Waals surface area contributed by atoms with Gasteiger partial charge in [-0.05, 0) is 26.5 Å². The van der Waals surface area contributed by atoms with E-state index in [-0.39, 0.29) is 11.1 Å². The molecule has 1 unspecified atom stereocenters. The summed E-state index contributed by atoms with van der Waals surface area (Å²) in [4.78, 5) is 13.8. The van der Waals surface area contributed by atoms with Gasteiger partial charge >= 0.3 is 0 Å².